The average Bonchev–Trinajstić information content (AvgIpc) is 2.47. The zero-order valence-corrected chi connectivity index (χ0v) is 12.0. The SMILES string of the molecule is CC(C)(CO)N1CCN(c2ccccc2C(=O)O)CC1. The molecule has 5 nitrogen and oxygen atoms in total. The molecule has 0 unspecified atom stereocenters. The number of hydrogen-bond donors (Lipinski definition) is 2. The molecule has 1 aliphatic rings. The van der Waals surface area contributed by atoms with Gasteiger partial charge in [0.15, 0.2) is 0 Å². The molecule has 0 atom stereocenters. The van der Waals surface area contributed by atoms with Gasteiger partial charge in [0, 0.05) is 31.7 Å². The minimum absolute atomic E-state index is 0.124. The van der Waals surface area contributed by atoms with Gasteiger partial charge in [-0.25, -0.2) is 4.79 Å². The van der Waals surface area contributed by atoms with Gasteiger partial charge in [-0.3, -0.25) is 4.90 Å². The number of aliphatic hydroxyl groups is 1. The molecule has 1 fully saturated rings. The smallest absolute Gasteiger partial charge is 0.337 e. The van der Waals surface area contributed by atoms with Crippen LogP contribution in [0.25, 0.3) is 0 Å². The van der Waals surface area contributed by atoms with Gasteiger partial charge in [-0.05, 0) is 26.0 Å². The van der Waals surface area contributed by atoms with Crippen molar-refractivity contribution in [2.45, 2.75) is 19.4 Å². The van der Waals surface area contributed by atoms with Crippen LogP contribution in [-0.4, -0.2) is 59.4 Å². The summed E-state index contributed by atoms with van der Waals surface area (Å²) >= 11 is 0. The van der Waals surface area contributed by atoms with Crippen molar-refractivity contribution < 1.29 is 15.0 Å². The van der Waals surface area contributed by atoms with Crippen LogP contribution in [0.5, 0.6) is 0 Å². The molecule has 1 aromatic rings. The summed E-state index contributed by atoms with van der Waals surface area (Å²) in [6, 6.07) is 7.11. The monoisotopic (exact) mass is 278 g/mol. The van der Waals surface area contributed by atoms with E-state index in [-0.39, 0.29) is 12.1 Å². The highest BCUT2D eigenvalue weighted by atomic mass is 16.4. The molecule has 0 aliphatic carbocycles. The number of benzene rings is 1. The number of carboxylic acids is 1. The van der Waals surface area contributed by atoms with E-state index in [1.807, 2.05) is 26.0 Å². The molecule has 2 N–H and O–H groups in total. The summed E-state index contributed by atoms with van der Waals surface area (Å²) in [7, 11) is 0. The van der Waals surface area contributed by atoms with Crippen molar-refractivity contribution in [3.63, 3.8) is 0 Å². The summed E-state index contributed by atoms with van der Waals surface area (Å²) in [5.41, 5.74) is 0.905. The van der Waals surface area contributed by atoms with Crippen LogP contribution in [0, 0.1) is 0 Å². The first-order valence-electron chi connectivity index (χ1n) is 6.89. The molecular formula is C15H22N2O3. The second-order valence-corrected chi connectivity index (χ2v) is 5.77. The molecule has 0 radical (unpaired) electrons. The van der Waals surface area contributed by atoms with Gasteiger partial charge in [0.05, 0.1) is 17.9 Å². The van der Waals surface area contributed by atoms with Gasteiger partial charge in [0.2, 0.25) is 0 Å². The number of nitrogens with zero attached hydrogens (tertiary/aromatic N) is 2. The Bertz CT molecular complexity index is 480. The van der Waals surface area contributed by atoms with Crippen LogP contribution in [0.3, 0.4) is 0 Å². The molecule has 1 aliphatic heterocycles. The van der Waals surface area contributed by atoms with E-state index in [1.165, 1.54) is 0 Å². The van der Waals surface area contributed by atoms with E-state index >= 15 is 0 Å². The van der Waals surface area contributed by atoms with Crippen LogP contribution in [-0.2, 0) is 0 Å². The Morgan fingerprint density at radius 2 is 1.80 bits per heavy atom. The normalized spacial score (nSPS) is 17.2. The van der Waals surface area contributed by atoms with E-state index in [4.69, 9.17) is 0 Å². The van der Waals surface area contributed by atoms with E-state index in [1.54, 1.807) is 12.1 Å². The number of anilines is 1. The quantitative estimate of drug-likeness (QED) is 0.868. The second-order valence-electron chi connectivity index (χ2n) is 5.77. The number of para-hydroxylation sites is 1. The first kappa shape index (κ1) is 14.8. The summed E-state index contributed by atoms with van der Waals surface area (Å²) in [5, 5.41) is 18.7. The number of aliphatic hydroxyl groups excluding tert-OH is 1. The zero-order chi connectivity index (χ0) is 14.8. The molecule has 110 valence electrons. The lowest BCUT2D eigenvalue weighted by Gasteiger charge is -2.44. The molecule has 0 spiro atoms. The van der Waals surface area contributed by atoms with E-state index in [2.05, 4.69) is 9.80 Å². The van der Waals surface area contributed by atoms with Crippen molar-refractivity contribution in [2.75, 3.05) is 37.7 Å². The third-order valence-corrected chi connectivity index (χ3v) is 4.00. The molecule has 0 saturated carbocycles. The molecule has 0 bridgehead atoms. The van der Waals surface area contributed by atoms with Crippen molar-refractivity contribution in [1.29, 1.82) is 0 Å². The Hall–Kier alpha value is -1.59. The van der Waals surface area contributed by atoms with Crippen molar-refractivity contribution in [1.82, 2.24) is 4.90 Å². The summed E-state index contributed by atoms with van der Waals surface area (Å²) in [5.74, 6) is -0.890. The lowest BCUT2D eigenvalue weighted by Crippen LogP contribution is -2.56. The molecule has 1 saturated heterocycles. The van der Waals surface area contributed by atoms with Crippen LogP contribution < -0.4 is 4.90 Å². The van der Waals surface area contributed by atoms with Crippen LogP contribution in [0.2, 0.25) is 0 Å². The van der Waals surface area contributed by atoms with Crippen molar-refractivity contribution >= 4 is 11.7 Å². The molecule has 20 heavy (non-hydrogen) atoms. The van der Waals surface area contributed by atoms with Gasteiger partial charge in [0.1, 0.15) is 0 Å². The van der Waals surface area contributed by atoms with Gasteiger partial charge in [-0.1, -0.05) is 12.1 Å². The summed E-state index contributed by atoms with van der Waals surface area (Å²) in [6.45, 7) is 7.35. The highest BCUT2D eigenvalue weighted by molar-refractivity contribution is 5.94. The molecule has 1 aromatic carbocycles. The Morgan fingerprint density at radius 3 is 2.35 bits per heavy atom. The van der Waals surface area contributed by atoms with Crippen LogP contribution in [0.1, 0.15) is 24.2 Å². The zero-order valence-electron chi connectivity index (χ0n) is 12.0. The summed E-state index contributed by atoms with van der Waals surface area (Å²) in [4.78, 5) is 15.6. The predicted octanol–water partition coefficient (Wildman–Crippen LogP) is 1.28. The largest absolute Gasteiger partial charge is 0.478 e. The maximum atomic E-state index is 11.3. The van der Waals surface area contributed by atoms with Crippen LogP contribution in [0.4, 0.5) is 5.69 Å². The van der Waals surface area contributed by atoms with E-state index < -0.39 is 5.97 Å². The molecule has 5 heteroatoms. The maximum Gasteiger partial charge on any atom is 0.337 e. The Labute approximate surface area is 119 Å². The number of aromatic carboxylic acids is 1. The highest BCUT2D eigenvalue weighted by Crippen LogP contribution is 2.24. The third-order valence-electron chi connectivity index (χ3n) is 4.00. The number of carbonyl (C=O) groups is 1. The number of piperazine rings is 1. The molecule has 2 rings (SSSR count). The number of carboxylic acid groups (broad SMARTS) is 1. The summed E-state index contributed by atoms with van der Waals surface area (Å²) < 4.78 is 0. The first-order chi connectivity index (χ1) is 9.45. The lowest BCUT2D eigenvalue weighted by atomic mass is 10.0. The van der Waals surface area contributed by atoms with E-state index in [0.717, 1.165) is 31.9 Å². The minimum atomic E-state index is -0.890. The van der Waals surface area contributed by atoms with Gasteiger partial charge in [0.25, 0.3) is 0 Å². The van der Waals surface area contributed by atoms with Crippen molar-refractivity contribution in [3.8, 4) is 0 Å². The van der Waals surface area contributed by atoms with Gasteiger partial charge >= 0.3 is 5.97 Å². The van der Waals surface area contributed by atoms with Crippen LogP contribution >= 0.6 is 0 Å². The highest BCUT2D eigenvalue weighted by Gasteiger charge is 2.30. The minimum Gasteiger partial charge on any atom is -0.478 e. The standard InChI is InChI=1S/C15H22N2O3/c1-15(2,11-18)17-9-7-16(8-10-17)13-6-4-3-5-12(13)14(19)20/h3-6,18H,7-11H2,1-2H3,(H,19,20). The first-order valence-corrected chi connectivity index (χ1v) is 6.89. The molecule has 0 aromatic heterocycles. The van der Waals surface area contributed by atoms with Crippen LogP contribution in [0.15, 0.2) is 24.3 Å². The fourth-order valence-electron chi connectivity index (χ4n) is 2.58. The third kappa shape index (κ3) is 2.94. The fraction of sp³-hybridized carbons (Fsp3) is 0.533. The number of hydrogen-bond acceptors (Lipinski definition) is 4. The predicted molar refractivity (Wildman–Crippen MR) is 78.4 cm³/mol. The molecular weight excluding hydrogens is 256 g/mol. The molecule has 0 amide bonds. The Morgan fingerprint density at radius 1 is 1.20 bits per heavy atom. The van der Waals surface area contributed by atoms with E-state index in [9.17, 15) is 15.0 Å². The van der Waals surface area contributed by atoms with Gasteiger partial charge in [-0.15, -0.1) is 0 Å². The van der Waals surface area contributed by atoms with Crippen molar-refractivity contribution in [3.05, 3.63) is 29.8 Å². The Kier molecular flexibility index (Phi) is 4.30. The summed E-state index contributed by atoms with van der Waals surface area (Å²) in [6.07, 6.45) is 0. The second kappa shape index (κ2) is 5.81. The van der Waals surface area contributed by atoms with Crippen molar-refractivity contribution in [2.24, 2.45) is 0 Å². The Balaban J connectivity index is 2.10. The maximum absolute atomic E-state index is 11.3. The fourth-order valence-corrected chi connectivity index (χ4v) is 2.58. The molecule has 1 heterocycles. The average molecular weight is 278 g/mol. The van der Waals surface area contributed by atoms with Gasteiger partial charge < -0.3 is 15.1 Å². The van der Waals surface area contributed by atoms with Gasteiger partial charge in [-0.2, -0.15) is 0 Å². The lowest BCUT2D eigenvalue weighted by molar-refractivity contribution is 0.0525. The topological polar surface area (TPSA) is 64.0 Å². The number of rotatable bonds is 4. The van der Waals surface area contributed by atoms with E-state index in [0.29, 0.717) is 5.56 Å².